The average molecular weight is 376 g/mol. The van der Waals surface area contributed by atoms with E-state index in [0.29, 0.717) is 0 Å². The number of esters is 1. The number of carbonyl (C=O) groups is 1. The highest BCUT2D eigenvalue weighted by Gasteiger charge is 2.22. The number of rotatable bonds is 5. The van der Waals surface area contributed by atoms with E-state index in [1.165, 1.54) is 7.11 Å². The van der Waals surface area contributed by atoms with E-state index in [1.54, 1.807) is 0 Å². The summed E-state index contributed by atoms with van der Waals surface area (Å²) in [6.07, 6.45) is 0. The first-order valence-electron chi connectivity index (χ1n) is 4.87. The SMILES string of the molecule is COCCOC(=O)c1cc(S(=O)(=O)Cl)c(F)cc1Br. The van der Waals surface area contributed by atoms with Crippen LogP contribution in [-0.4, -0.2) is 34.7 Å². The Morgan fingerprint density at radius 3 is 2.58 bits per heavy atom. The predicted octanol–water partition coefficient (Wildman–Crippen LogP) is 2.32. The Labute approximate surface area is 122 Å². The lowest BCUT2D eigenvalue weighted by Crippen LogP contribution is -2.11. The Morgan fingerprint density at radius 2 is 2.05 bits per heavy atom. The Bertz CT molecular complexity index is 590. The minimum Gasteiger partial charge on any atom is -0.460 e. The van der Waals surface area contributed by atoms with Crippen molar-refractivity contribution in [3.05, 3.63) is 28.0 Å². The van der Waals surface area contributed by atoms with Crippen molar-refractivity contribution in [1.82, 2.24) is 0 Å². The van der Waals surface area contributed by atoms with Gasteiger partial charge in [0.1, 0.15) is 17.3 Å². The summed E-state index contributed by atoms with van der Waals surface area (Å²) in [5.74, 6) is -1.87. The average Bonchev–Trinajstić information content (AvgIpc) is 2.27. The first-order valence-corrected chi connectivity index (χ1v) is 7.97. The molecule has 0 bridgehead atoms. The molecule has 0 fully saturated rings. The number of hydrogen-bond donors (Lipinski definition) is 0. The van der Waals surface area contributed by atoms with Crippen LogP contribution in [0.2, 0.25) is 0 Å². The zero-order valence-corrected chi connectivity index (χ0v) is 12.8. The molecule has 0 saturated heterocycles. The molecule has 1 aromatic rings. The molecule has 0 heterocycles. The molecule has 106 valence electrons. The van der Waals surface area contributed by atoms with Gasteiger partial charge in [-0.15, -0.1) is 0 Å². The summed E-state index contributed by atoms with van der Waals surface area (Å²) in [4.78, 5) is 10.9. The third-order valence-corrected chi connectivity index (χ3v) is 4.02. The second-order valence-corrected chi connectivity index (χ2v) is 6.72. The predicted molar refractivity (Wildman–Crippen MR) is 69.3 cm³/mol. The topological polar surface area (TPSA) is 69.7 Å². The molecule has 0 unspecified atom stereocenters. The van der Waals surface area contributed by atoms with Gasteiger partial charge >= 0.3 is 5.97 Å². The normalized spacial score (nSPS) is 11.4. The van der Waals surface area contributed by atoms with E-state index in [9.17, 15) is 17.6 Å². The largest absolute Gasteiger partial charge is 0.460 e. The Balaban J connectivity index is 3.11. The molecule has 5 nitrogen and oxygen atoms in total. The van der Waals surface area contributed by atoms with Crippen LogP contribution >= 0.6 is 26.6 Å². The minimum absolute atomic E-state index is 0.0118. The highest BCUT2D eigenvalue weighted by atomic mass is 79.9. The molecule has 0 aliphatic heterocycles. The van der Waals surface area contributed by atoms with Gasteiger partial charge in [-0.1, -0.05) is 0 Å². The van der Waals surface area contributed by atoms with Crippen molar-refractivity contribution in [2.24, 2.45) is 0 Å². The van der Waals surface area contributed by atoms with Gasteiger partial charge in [0, 0.05) is 22.3 Å². The maximum atomic E-state index is 13.4. The van der Waals surface area contributed by atoms with Crippen LogP contribution in [-0.2, 0) is 18.5 Å². The maximum Gasteiger partial charge on any atom is 0.339 e. The molecule has 0 atom stereocenters. The third-order valence-electron chi connectivity index (χ3n) is 2.02. The molecule has 1 aromatic carbocycles. The zero-order valence-electron chi connectivity index (χ0n) is 9.65. The highest BCUT2D eigenvalue weighted by Crippen LogP contribution is 2.27. The number of ether oxygens (including phenoxy) is 2. The van der Waals surface area contributed by atoms with Crippen molar-refractivity contribution >= 4 is 41.6 Å². The van der Waals surface area contributed by atoms with Gasteiger partial charge in [-0.25, -0.2) is 17.6 Å². The fourth-order valence-corrected chi connectivity index (χ4v) is 2.55. The molecule has 0 aliphatic rings. The van der Waals surface area contributed by atoms with Crippen molar-refractivity contribution < 1.29 is 27.1 Å². The molecule has 1 rings (SSSR count). The lowest BCUT2D eigenvalue weighted by atomic mass is 10.2. The van der Waals surface area contributed by atoms with E-state index >= 15 is 0 Å². The Hall–Kier alpha value is -0.700. The molecule has 0 saturated carbocycles. The van der Waals surface area contributed by atoms with Crippen LogP contribution in [0.5, 0.6) is 0 Å². The minimum atomic E-state index is -4.29. The summed E-state index contributed by atoms with van der Waals surface area (Å²) < 4.78 is 45.3. The van der Waals surface area contributed by atoms with E-state index in [2.05, 4.69) is 20.7 Å². The molecule has 0 amide bonds. The van der Waals surface area contributed by atoms with Gasteiger partial charge in [-0.3, -0.25) is 0 Å². The molecule has 0 spiro atoms. The van der Waals surface area contributed by atoms with Crippen LogP contribution in [0.1, 0.15) is 10.4 Å². The summed E-state index contributed by atoms with van der Waals surface area (Å²) in [7, 11) is 2.21. The van der Waals surface area contributed by atoms with E-state index in [0.717, 1.165) is 12.1 Å². The van der Waals surface area contributed by atoms with E-state index in [-0.39, 0.29) is 23.2 Å². The van der Waals surface area contributed by atoms with Crippen LogP contribution in [0.4, 0.5) is 4.39 Å². The maximum absolute atomic E-state index is 13.4. The fourth-order valence-electron chi connectivity index (χ4n) is 1.17. The summed E-state index contributed by atoms with van der Waals surface area (Å²) in [5.41, 5.74) is -0.142. The van der Waals surface area contributed by atoms with Crippen LogP contribution in [0.25, 0.3) is 0 Å². The van der Waals surface area contributed by atoms with Crippen LogP contribution in [0.3, 0.4) is 0 Å². The molecular weight excluding hydrogens is 367 g/mol. The number of hydrogen-bond acceptors (Lipinski definition) is 5. The van der Waals surface area contributed by atoms with Crippen molar-refractivity contribution in [3.63, 3.8) is 0 Å². The third kappa shape index (κ3) is 4.41. The van der Waals surface area contributed by atoms with Crippen LogP contribution < -0.4 is 0 Å². The van der Waals surface area contributed by atoms with Crippen molar-refractivity contribution in [1.29, 1.82) is 0 Å². The quantitative estimate of drug-likeness (QED) is 0.449. The van der Waals surface area contributed by atoms with Gasteiger partial charge in [0.2, 0.25) is 0 Å². The van der Waals surface area contributed by atoms with Crippen molar-refractivity contribution in [2.45, 2.75) is 4.90 Å². The monoisotopic (exact) mass is 374 g/mol. The summed E-state index contributed by atoms with van der Waals surface area (Å²) in [6, 6.07) is 1.65. The first kappa shape index (κ1) is 16.4. The molecule has 0 aliphatic carbocycles. The molecule has 0 radical (unpaired) electrons. The number of carbonyl (C=O) groups excluding carboxylic acids is 1. The van der Waals surface area contributed by atoms with Gasteiger partial charge in [-0.2, -0.15) is 0 Å². The molecule has 19 heavy (non-hydrogen) atoms. The van der Waals surface area contributed by atoms with E-state index in [1.807, 2.05) is 0 Å². The summed E-state index contributed by atoms with van der Waals surface area (Å²) in [5, 5.41) is 0. The van der Waals surface area contributed by atoms with Gasteiger partial charge in [-0.05, 0) is 28.1 Å². The highest BCUT2D eigenvalue weighted by molar-refractivity contribution is 9.10. The second-order valence-electron chi connectivity index (χ2n) is 3.33. The number of halogens is 3. The molecule has 0 aromatic heterocycles. The Morgan fingerprint density at radius 1 is 1.42 bits per heavy atom. The molecular formula is C10H9BrClFO5S. The fraction of sp³-hybridized carbons (Fsp3) is 0.300. The number of benzene rings is 1. The van der Waals surface area contributed by atoms with E-state index in [4.69, 9.17) is 15.4 Å². The summed E-state index contributed by atoms with van der Waals surface area (Å²) in [6.45, 7) is 0.174. The standard InChI is InChI=1S/C10H9BrClFO5S/c1-17-2-3-18-10(14)6-4-9(19(12,15)16)8(13)5-7(6)11/h4-5H,2-3H2,1H3. The lowest BCUT2D eigenvalue weighted by molar-refractivity contribution is 0.0386. The van der Waals surface area contributed by atoms with Gasteiger partial charge < -0.3 is 9.47 Å². The van der Waals surface area contributed by atoms with Gasteiger partial charge in [0.25, 0.3) is 9.05 Å². The van der Waals surface area contributed by atoms with Crippen LogP contribution in [0.15, 0.2) is 21.5 Å². The summed E-state index contributed by atoms with van der Waals surface area (Å²) >= 11 is 2.95. The van der Waals surface area contributed by atoms with Crippen LogP contribution in [0, 0.1) is 5.82 Å². The number of methoxy groups -OCH3 is 1. The van der Waals surface area contributed by atoms with Crippen molar-refractivity contribution in [3.8, 4) is 0 Å². The van der Waals surface area contributed by atoms with E-state index < -0.39 is 25.7 Å². The first-order chi connectivity index (χ1) is 8.77. The van der Waals surface area contributed by atoms with Gasteiger partial charge in [0.15, 0.2) is 0 Å². The second kappa shape index (κ2) is 6.65. The lowest BCUT2D eigenvalue weighted by Gasteiger charge is -2.08. The molecule has 0 N–H and O–H groups in total. The molecule has 9 heteroatoms. The smallest absolute Gasteiger partial charge is 0.339 e. The Kier molecular flexibility index (Phi) is 5.72. The van der Waals surface area contributed by atoms with Gasteiger partial charge in [0.05, 0.1) is 12.2 Å². The van der Waals surface area contributed by atoms with Crippen molar-refractivity contribution in [2.75, 3.05) is 20.3 Å². The zero-order chi connectivity index (χ0) is 14.6.